The molecular formula is C19H28N4O4S. The zero-order chi connectivity index (χ0) is 20.1. The molecule has 0 atom stereocenters. The van der Waals surface area contributed by atoms with Crippen LogP contribution in [0, 0.1) is 0 Å². The van der Waals surface area contributed by atoms with Gasteiger partial charge in [-0.3, -0.25) is 14.5 Å². The van der Waals surface area contributed by atoms with E-state index in [9.17, 15) is 18.0 Å². The van der Waals surface area contributed by atoms with Gasteiger partial charge in [0.2, 0.25) is 21.8 Å². The Bertz CT molecular complexity index is 796. The van der Waals surface area contributed by atoms with E-state index < -0.39 is 10.0 Å². The highest BCUT2D eigenvalue weighted by Crippen LogP contribution is 2.18. The van der Waals surface area contributed by atoms with Crippen LogP contribution in [0.5, 0.6) is 0 Å². The number of nitrogens with one attached hydrogen (secondary N) is 2. The van der Waals surface area contributed by atoms with Crippen LogP contribution in [0.1, 0.15) is 32.6 Å². The number of rotatable bonds is 6. The number of benzene rings is 1. The van der Waals surface area contributed by atoms with E-state index >= 15 is 0 Å². The third-order valence-electron chi connectivity index (χ3n) is 5.21. The number of anilines is 1. The number of carbonyl (C=O) groups is 2. The molecule has 0 saturated carbocycles. The highest BCUT2D eigenvalue weighted by molar-refractivity contribution is 7.89. The maximum Gasteiger partial charge on any atom is 0.240 e. The van der Waals surface area contributed by atoms with Crippen molar-refractivity contribution in [2.45, 2.75) is 43.5 Å². The smallest absolute Gasteiger partial charge is 0.240 e. The molecule has 0 unspecified atom stereocenters. The van der Waals surface area contributed by atoms with E-state index in [-0.39, 0.29) is 22.8 Å². The number of carbonyl (C=O) groups excluding carboxylic acids is 2. The van der Waals surface area contributed by atoms with Gasteiger partial charge in [0.25, 0.3) is 0 Å². The van der Waals surface area contributed by atoms with Crippen LogP contribution in [0.25, 0.3) is 0 Å². The quantitative estimate of drug-likeness (QED) is 0.732. The number of amides is 2. The van der Waals surface area contributed by atoms with Crippen molar-refractivity contribution in [3.8, 4) is 0 Å². The molecule has 3 rings (SSSR count). The molecule has 8 nitrogen and oxygen atoms in total. The van der Waals surface area contributed by atoms with Gasteiger partial charge in [0.1, 0.15) is 0 Å². The number of nitrogens with zero attached hydrogens (tertiary/aromatic N) is 2. The Balaban J connectivity index is 1.49. The molecule has 0 aliphatic carbocycles. The van der Waals surface area contributed by atoms with Crippen molar-refractivity contribution < 1.29 is 18.0 Å². The maximum absolute atomic E-state index is 12.6. The molecule has 2 aliphatic heterocycles. The van der Waals surface area contributed by atoms with Crippen LogP contribution in [-0.4, -0.2) is 68.8 Å². The lowest BCUT2D eigenvalue weighted by Gasteiger charge is -2.32. The van der Waals surface area contributed by atoms with E-state index in [1.165, 1.54) is 19.1 Å². The molecule has 1 aromatic rings. The second-order valence-electron chi connectivity index (χ2n) is 7.47. The number of sulfonamides is 1. The molecule has 2 N–H and O–H groups in total. The molecule has 28 heavy (non-hydrogen) atoms. The molecule has 2 heterocycles. The average Bonchev–Trinajstić information content (AvgIpc) is 3.18. The van der Waals surface area contributed by atoms with E-state index in [2.05, 4.69) is 14.9 Å². The SMILES string of the molecule is CC(=O)Nc1ccc(S(=O)(=O)NC2CCN(CC(=O)N3CCCC3)CC2)cc1. The van der Waals surface area contributed by atoms with Gasteiger partial charge in [-0.25, -0.2) is 13.1 Å². The van der Waals surface area contributed by atoms with Gasteiger partial charge in [-0.05, 0) is 49.9 Å². The molecule has 2 amide bonds. The lowest BCUT2D eigenvalue weighted by molar-refractivity contribution is -0.131. The minimum atomic E-state index is -3.62. The van der Waals surface area contributed by atoms with Crippen LogP contribution >= 0.6 is 0 Å². The third-order valence-corrected chi connectivity index (χ3v) is 6.75. The summed E-state index contributed by atoms with van der Waals surface area (Å²) in [6.07, 6.45) is 3.52. The van der Waals surface area contributed by atoms with Crippen LogP contribution in [0.4, 0.5) is 5.69 Å². The molecule has 0 radical (unpaired) electrons. The summed E-state index contributed by atoms with van der Waals surface area (Å²) < 4.78 is 28.0. The van der Waals surface area contributed by atoms with E-state index in [4.69, 9.17) is 0 Å². The fourth-order valence-electron chi connectivity index (χ4n) is 3.67. The van der Waals surface area contributed by atoms with Crippen molar-refractivity contribution in [2.75, 3.05) is 38.0 Å². The summed E-state index contributed by atoms with van der Waals surface area (Å²) in [4.78, 5) is 27.5. The van der Waals surface area contributed by atoms with Crippen LogP contribution in [0.3, 0.4) is 0 Å². The van der Waals surface area contributed by atoms with Gasteiger partial charge in [-0.2, -0.15) is 0 Å². The van der Waals surface area contributed by atoms with Gasteiger partial charge < -0.3 is 10.2 Å². The molecule has 2 saturated heterocycles. The number of piperidine rings is 1. The molecule has 0 bridgehead atoms. The van der Waals surface area contributed by atoms with Crippen molar-refractivity contribution >= 4 is 27.5 Å². The number of hydrogen-bond donors (Lipinski definition) is 2. The van der Waals surface area contributed by atoms with E-state index in [0.29, 0.717) is 38.2 Å². The summed E-state index contributed by atoms with van der Waals surface area (Å²) in [5.74, 6) is -0.0282. The Labute approximate surface area is 166 Å². The van der Waals surface area contributed by atoms with Gasteiger partial charge in [0.05, 0.1) is 11.4 Å². The fraction of sp³-hybridized carbons (Fsp3) is 0.579. The number of hydrogen-bond acceptors (Lipinski definition) is 5. The summed E-state index contributed by atoms with van der Waals surface area (Å²) in [6.45, 7) is 4.94. The van der Waals surface area contributed by atoms with Gasteiger partial charge in [-0.15, -0.1) is 0 Å². The molecule has 0 aromatic heterocycles. The van der Waals surface area contributed by atoms with Crippen molar-refractivity contribution in [1.82, 2.24) is 14.5 Å². The Hall–Kier alpha value is -1.97. The standard InChI is InChI=1S/C19H28N4O4S/c1-15(24)20-16-4-6-18(7-5-16)28(26,27)21-17-8-12-22(13-9-17)14-19(25)23-10-2-3-11-23/h4-7,17,21H,2-3,8-14H2,1H3,(H,20,24). The molecule has 154 valence electrons. The molecule has 0 spiro atoms. The molecule has 9 heteroatoms. The summed E-state index contributed by atoms with van der Waals surface area (Å²) in [5, 5.41) is 2.61. The van der Waals surface area contributed by atoms with Crippen molar-refractivity contribution in [1.29, 1.82) is 0 Å². The summed E-state index contributed by atoms with van der Waals surface area (Å²) in [7, 11) is -3.62. The third kappa shape index (κ3) is 5.52. The molecule has 2 fully saturated rings. The van der Waals surface area contributed by atoms with Crippen molar-refractivity contribution in [3.05, 3.63) is 24.3 Å². The van der Waals surface area contributed by atoms with E-state index in [1.807, 2.05) is 4.90 Å². The van der Waals surface area contributed by atoms with Crippen LogP contribution in [0.2, 0.25) is 0 Å². The highest BCUT2D eigenvalue weighted by Gasteiger charge is 2.27. The second kappa shape index (κ2) is 9.02. The topological polar surface area (TPSA) is 98.8 Å². The van der Waals surface area contributed by atoms with E-state index in [1.54, 1.807) is 12.1 Å². The largest absolute Gasteiger partial charge is 0.342 e. The lowest BCUT2D eigenvalue weighted by atomic mass is 10.1. The minimum Gasteiger partial charge on any atom is -0.342 e. The van der Waals surface area contributed by atoms with Crippen LogP contribution in [0.15, 0.2) is 29.2 Å². The summed E-state index contributed by atoms with van der Waals surface area (Å²) in [6, 6.07) is 5.97. The predicted molar refractivity (Wildman–Crippen MR) is 106 cm³/mol. The first kappa shape index (κ1) is 20.8. The average molecular weight is 409 g/mol. The van der Waals surface area contributed by atoms with Gasteiger partial charge in [-0.1, -0.05) is 0 Å². The first-order valence-corrected chi connectivity index (χ1v) is 11.2. The number of likely N-dealkylation sites (tertiary alicyclic amines) is 2. The molecular weight excluding hydrogens is 380 g/mol. The first-order chi connectivity index (χ1) is 13.3. The summed E-state index contributed by atoms with van der Waals surface area (Å²) >= 11 is 0. The molecule has 2 aliphatic rings. The van der Waals surface area contributed by atoms with E-state index in [0.717, 1.165) is 25.9 Å². The fourth-order valence-corrected chi connectivity index (χ4v) is 4.98. The van der Waals surface area contributed by atoms with Crippen LogP contribution in [-0.2, 0) is 19.6 Å². The van der Waals surface area contributed by atoms with Crippen molar-refractivity contribution in [3.63, 3.8) is 0 Å². The highest BCUT2D eigenvalue weighted by atomic mass is 32.2. The Morgan fingerprint density at radius 2 is 1.64 bits per heavy atom. The van der Waals surface area contributed by atoms with Gasteiger partial charge in [0.15, 0.2) is 0 Å². The zero-order valence-corrected chi connectivity index (χ0v) is 17.0. The maximum atomic E-state index is 12.6. The minimum absolute atomic E-state index is 0.141. The zero-order valence-electron chi connectivity index (χ0n) is 16.2. The van der Waals surface area contributed by atoms with Crippen LogP contribution < -0.4 is 10.0 Å². The monoisotopic (exact) mass is 408 g/mol. The van der Waals surface area contributed by atoms with Gasteiger partial charge >= 0.3 is 0 Å². The lowest BCUT2D eigenvalue weighted by Crippen LogP contribution is -2.47. The first-order valence-electron chi connectivity index (χ1n) is 9.73. The Morgan fingerprint density at radius 1 is 1.04 bits per heavy atom. The second-order valence-corrected chi connectivity index (χ2v) is 9.18. The molecule has 1 aromatic carbocycles. The predicted octanol–water partition coefficient (Wildman–Crippen LogP) is 1.01. The normalized spacial score (nSPS) is 19.0. The van der Waals surface area contributed by atoms with Crippen molar-refractivity contribution in [2.24, 2.45) is 0 Å². The van der Waals surface area contributed by atoms with Gasteiger partial charge in [0, 0.05) is 44.8 Å². The summed E-state index contributed by atoms with van der Waals surface area (Å²) in [5.41, 5.74) is 0.558. The Morgan fingerprint density at radius 3 is 2.21 bits per heavy atom. The Kier molecular flexibility index (Phi) is 6.69.